The molecule has 0 fully saturated rings. The van der Waals surface area contributed by atoms with Crippen molar-refractivity contribution < 1.29 is 32.6 Å². The molecule has 2 N–H and O–H groups in total. The van der Waals surface area contributed by atoms with Crippen LogP contribution in [0.5, 0.6) is 11.5 Å². The summed E-state index contributed by atoms with van der Waals surface area (Å²) in [4.78, 5) is 23.3. The predicted molar refractivity (Wildman–Crippen MR) is 109 cm³/mol. The molecule has 0 saturated heterocycles. The molecule has 0 aromatic heterocycles. The van der Waals surface area contributed by atoms with Gasteiger partial charge in [-0.15, -0.1) is 0 Å². The molecule has 0 radical (unpaired) electrons. The van der Waals surface area contributed by atoms with Crippen LogP contribution < -0.4 is 10.1 Å². The topological polar surface area (TPSA) is 75.6 Å². The van der Waals surface area contributed by atoms with Crippen LogP contribution in [-0.2, 0) is 11.0 Å². The van der Waals surface area contributed by atoms with Gasteiger partial charge in [0.1, 0.15) is 5.75 Å². The maximum absolute atomic E-state index is 12.6. The molecule has 8 heteroatoms. The quantitative estimate of drug-likeness (QED) is 0.484. The van der Waals surface area contributed by atoms with Crippen LogP contribution in [0.3, 0.4) is 0 Å². The SMILES string of the molecule is O=C(/C=C/c1ccc(C(F)(F)F)cc1)Nc1ccccc1Oc1cccc(C(=O)O)c1. The van der Waals surface area contributed by atoms with Gasteiger partial charge in [0.15, 0.2) is 5.75 Å². The molecule has 3 rings (SSSR count). The summed E-state index contributed by atoms with van der Waals surface area (Å²) in [5, 5.41) is 11.7. The number of anilines is 1. The van der Waals surface area contributed by atoms with Gasteiger partial charge >= 0.3 is 12.1 Å². The summed E-state index contributed by atoms with van der Waals surface area (Å²) < 4.78 is 43.5. The Hall–Kier alpha value is -4.07. The van der Waals surface area contributed by atoms with E-state index >= 15 is 0 Å². The second kappa shape index (κ2) is 9.17. The molecule has 158 valence electrons. The number of hydrogen-bond acceptors (Lipinski definition) is 3. The minimum Gasteiger partial charge on any atom is -0.478 e. The number of alkyl halides is 3. The fourth-order valence-electron chi connectivity index (χ4n) is 2.61. The summed E-state index contributed by atoms with van der Waals surface area (Å²) in [6.45, 7) is 0. The monoisotopic (exact) mass is 427 g/mol. The van der Waals surface area contributed by atoms with Crippen LogP contribution in [0.1, 0.15) is 21.5 Å². The van der Waals surface area contributed by atoms with E-state index in [0.717, 1.165) is 12.1 Å². The number of aromatic carboxylic acids is 1. The van der Waals surface area contributed by atoms with Crippen molar-refractivity contribution in [2.45, 2.75) is 6.18 Å². The van der Waals surface area contributed by atoms with Gasteiger partial charge in [0.2, 0.25) is 5.91 Å². The number of halogens is 3. The lowest BCUT2D eigenvalue weighted by Gasteiger charge is -2.11. The predicted octanol–water partition coefficient (Wildman–Crippen LogP) is 5.85. The van der Waals surface area contributed by atoms with Crippen LogP contribution >= 0.6 is 0 Å². The highest BCUT2D eigenvalue weighted by Crippen LogP contribution is 2.30. The molecule has 31 heavy (non-hydrogen) atoms. The van der Waals surface area contributed by atoms with Gasteiger partial charge < -0.3 is 15.2 Å². The van der Waals surface area contributed by atoms with Crippen LogP contribution in [0.4, 0.5) is 18.9 Å². The molecule has 0 atom stereocenters. The minimum absolute atomic E-state index is 0.0542. The molecule has 0 spiro atoms. The third kappa shape index (κ3) is 5.96. The second-order valence-electron chi connectivity index (χ2n) is 6.37. The first-order valence-electron chi connectivity index (χ1n) is 8.99. The fourth-order valence-corrected chi connectivity index (χ4v) is 2.61. The number of rotatable bonds is 6. The van der Waals surface area contributed by atoms with E-state index in [9.17, 15) is 22.8 Å². The average molecular weight is 427 g/mol. The summed E-state index contributed by atoms with van der Waals surface area (Å²) in [6, 6.07) is 16.8. The van der Waals surface area contributed by atoms with Crippen LogP contribution in [0.15, 0.2) is 78.9 Å². The minimum atomic E-state index is -4.42. The Balaban J connectivity index is 1.70. The lowest BCUT2D eigenvalue weighted by atomic mass is 10.1. The molecule has 0 saturated carbocycles. The van der Waals surface area contributed by atoms with E-state index in [1.807, 2.05) is 0 Å². The number of para-hydroxylation sites is 2. The van der Waals surface area contributed by atoms with Crippen molar-refractivity contribution in [3.8, 4) is 11.5 Å². The fraction of sp³-hybridized carbons (Fsp3) is 0.0435. The third-order valence-corrected chi connectivity index (χ3v) is 4.12. The zero-order chi connectivity index (χ0) is 22.4. The molecule has 0 aliphatic heterocycles. The van der Waals surface area contributed by atoms with Gasteiger partial charge in [0.05, 0.1) is 16.8 Å². The molecule has 0 bridgehead atoms. The number of hydrogen-bond donors (Lipinski definition) is 2. The van der Waals surface area contributed by atoms with Gasteiger partial charge in [-0.2, -0.15) is 13.2 Å². The summed E-state index contributed by atoms with van der Waals surface area (Å²) >= 11 is 0. The van der Waals surface area contributed by atoms with Crippen molar-refractivity contribution in [2.75, 3.05) is 5.32 Å². The first-order chi connectivity index (χ1) is 14.7. The number of ether oxygens (including phenoxy) is 1. The summed E-state index contributed by atoms with van der Waals surface area (Å²) in [5.41, 5.74) is 0.0501. The van der Waals surface area contributed by atoms with E-state index in [0.29, 0.717) is 17.0 Å². The Morgan fingerprint density at radius 2 is 1.65 bits per heavy atom. The Morgan fingerprint density at radius 1 is 0.935 bits per heavy atom. The number of carbonyl (C=O) groups is 2. The molecular formula is C23H16F3NO4. The van der Waals surface area contributed by atoms with Crippen molar-refractivity contribution in [1.82, 2.24) is 0 Å². The van der Waals surface area contributed by atoms with Gasteiger partial charge in [0.25, 0.3) is 0 Å². The highest BCUT2D eigenvalue weighted by Gasteiger charge is 2.29. The Labute approximate surface area is 175 Å². The lowest BCUT2D eigenvalue weighted by molar-refractivity contribution is -0.137. The molecule has 0 heterocycles. The van der Waals surface area contributed by atoms with E-state index in [1.165, 1.54) is 42.5 Å². The Morgan fingerprint density at radius 3 is 2.32 bits per heavy atom. The number of benzene rings is 3. The number of carboxylic acids is 1. The first-order valence-corrected chi connectivity index (χ1v) is 8.99. The van der Waals surface area contributed by atoms with Crippen molar-refractivity contribution in [3.63, 3.8) is 0 Å². The van der Waals surface area contributed by atoms with E-state index in [4.69, 9.17) is 9.84 Å². The Kier molecular flexibility index (Phi) is 6.40. The highest BCUT2D eigenvalue weighted by atomic mass is 19.4. The van der Waals surface area contributed by atoms with Crippen LogP contribution in [0, 0.1) is 0 Å². The van der Waals surface area contributed by atoms with Crippen molar-refractivity contribution in [2.24, 2.45) is 0 Å². The first kappa shape index (κ1) is 21.6. The molecule has 5 nitrogen and oxygen atoms in total. The molecule has 3 aromatic rings. The van der Waals surface area contributed by atoms with E-state index in [1.54, 1.807) is 30.3 Å². The standard InChI is InChI=1S/C23H16F3NO4/c24-23(25,26)17-11-8-15(9-12-17)10-13-21(28)27-19-6-1-2-7-20(19)31-18-5-3-4-16(14-18)22(29)30/h1-14H,(H,27,28)(H,29,30)/b13-10+. The third-order valence-electron chi connectivity index (χ3n) is 4.12. The van der Waals surface area contributed by atoms with Gasteiger partial charge in [-0.25, -0.2) is 4.79 Å². The average Bonchev–Trinajstić information content (AvgIpc) is 2.73. The molecule has 0 aliphatic rings. The maximum atomic E-state index is 12.6. The largest absolute Gasteiger partial charge is 0.478 e. The van der Waals surface area contributed by atoms with Gasteiger partial charge in [-0.05, 0) is 54.1 Å². The van der Waals surface area contributed by atoms with Crippen LogP contribution in [0.2, 0.25) is 0 Å². The second-order valence-corrected chi connectivity index (χ2v) is 6.37. The molecule has 0 unspecified atom stereocenters. The number of nitrogens with one attached hydrogen (secondary N) is 1. The Bertz CT molecular complexity index is 1120. The zero-order valence-corrected chi connectivity index (χ0v) is 15.9. The zero-order valence-electron chi connectivity index (χ0n) is 15.9. The smallest absolute Gasteiger partial charge is 0.416 e. The van der Waals surface area contributed by atoms with Crippen molar-refractivity contribution in [3.05, 3.63) is 95.6 Å². The van der Waals surface area contributed by atoms with Crippen LogP contribution in [0.25, 0.3) is 6.08 Å². The molecular weight excluding hydrogens is 411 g/mol. The van der Waals surface area contributed by atoms with Gasteiger partial charge in [-0.1, -0.05) is 30.3 Å². The van der Waals surface area contributed by atoms with E-state index < -0.39 is 23.6 Å². The summed E-state index contributed by atoms with van der Waals surface area (Å²) in [5.74, 6) is -1.04. The van der Waals surface area contributed by atoms with E-state index in [2.05, 4.69) is 5.32 Å². The van der Waals surface area contributed by atoms with Crippen LogP contribution in [-0.4, -0.2) is 17.0 Å². The summed E-state index contributed by atoms with van der Waals surface area (Å²) in [6.07, 6.45) is -1.85. The normalized spacial score (nSPS) is 11.3. The number of carboxylic acid groups (broad SMARTS) is 1. The molecule has 1 amide bonds. The number of carbonyl (C=O) groups excluding carboxylic acids is 1. The van der Waals surface area contributed by atoms with Gasteiger partial charge in [0, 0.05) is 6.08 Å². The molecule has 3 aromatic carbocycles. The lowest BCUT2D eigenvalue weighted by Crippen LogP contribution is -2.08. The maximum Gasteiger partial charge on any atom is 0.416 e. The molecule has 0 aliphatic carbocycles. The van der Waals surface area contributed by atoms with Crippen molar-refractivity contribution >= 4 is 23.6 Å². The van der Waals surface area contributed by atoms with E-state index in [-0.39, 0.29) is 11.3 Å². The van der Waals surface area contributed by atoms with Crippen molar-refractivity contribution in [1.29, 1.82) is 0 Å². The highest BCUT2D eigenvalue weighted by molar-refractivity contribution is 6.02. The summed E-state index contributed by atoms with van der Waals surface area (Å²) in [7, 11) is 0. The number of amides is 1. The van der Waals surface area contributed by atoms with Gasteiger partial charge in [-0.3, -0.25) is 4.79 Å².